The Morgan fingerprint density at radius 3 is 2.65 bits per heavy atom. The largest absolute Gasteiger partial charge is 0.489 e. The van der Waals surface area contributed by atoms with Gasteiger partial charge in [-0.25, -0.2) is 8.78 Å². The Labute approximate surface area is 232 Å². The van der Waals surface area contributed by atoms with E-state index in [9.17, 15) is 9.65 Å². The minimum atomic E-state index is -0.624. The molecule has 1 aromatic heterocycles. The van der Waals surface area contributed by atoms with Crippen LogP contribution in [0.1, 0.15) is 61.9 Å². The second-order valence-electron chi connectivity index (χ2n) is 12.4. The van der Waals surface area contributed by atoms with E-state index in [4.69, 9.17) is 4.74 Å². The van der Waals surface area contributed by atoms with Crippen LogP contribution in [0.25, 0.3) is 10.9 Å². The summed E-state index contributed by atoms with van der Waals surface area (Å²) in [4.78, 5) is 8.01. The first-order chi connectivity index (χ1) is 19.4. The summed E-state index contributed by atoms with van der Waals surface area (Å²) >= 11 is 0. The predicted octanol–water partition coefficient (Wildman–Crippen LogP) is 6.29. The number of H-pyrrole nitrogens is 1. The van der Waals surface area contributed by atoms with E-state index in [0.717, 1.165) is 60.8 Å². The second kappa shape index (κ2) is 9.81. The third-order valence-electron chi connectivity index (χ3n) is 10.0. The molecule has 2 bridgehead atoms. The molecule has 8 heteroatoms. The highest BCUT2D eigenvalue weighted by molar-refractivity contribution is 5.85. The van der Waals surface area contributed by atoms with E-state index in [-0.39, 0.29) is 41.6 Å². The highest BCUT2D eigenvalue weighted by Crippen LogP contribution is 2.62. The van der Waals surface area contributed by atoms with Crippen LogP contribution in [0.5, 0.6) is 5.75 Å². The second-order valence-corrected chi connectivity index (χ2v) is 12.4. The molecule has 4 atom stereocenters. The van der Waals surface area contributed by atoms with Crippen molar-refractivity contribution in [3.8, 4) is 11.8 Å². The number of benzene rings is 2. The molecule has 40 heavy (non-hydrogen) atoms. The van der Waals surface area contributed by atoms with E-state index in [1.54, 1.807) is 0 Å². The number of nitrogens with one attached hydrogen (secondary N) is 1. The van der Waals surface area contributed by atoms with Crippen LogP contribution in [0.4, 0.5) is 13.2 Å². The molecule has 0 unspecified atom stereocenters. The summed E-state index contributed by atoms with van der Waals surface area (Å²) in [5.41, 5.74) is 2.75. The molecule has 0 amide bonds. The van der Waals surface area contributed by atoms with E-state index in [1.165, 1.54) is 12.1 Å². The van der Waals surface area contributed by atoms with Crippen molar-refractivity contribution in [2.45, 2.75) is 69.2 Å². The number of rotatable bonds is 7. The van der Waals surface area contributed by atoms with E-state index in [0.29, 0.717) is 25.4 Å². The molecule has 1 N–H and O–H groups in total. The monoisotopic (exact) mass is 548 g/mol. The lowest BCUT2D eigenvalue weighted by molar-refractivity contribution is -0.0358. The van der Waals surface area contributed by atoms with E-state index in [1.807, 2.05) is 18.2 Å². The van der Waals surface area contributed by atoms with Crippen molar-refractivity contribution in [3.63, 3.8) is 0 Å². The van der Waals surface area contributed by atoms with Crippen LogP contribution in [0.15, 0.2) is 36.4 Å². The van der Waals surface area contributed by atoms with Crippen molar-refractivity contribution in [1.82, 2.24) is 14.8 Å². The summed E-state index contributed by atoms with van der Waals surface area (Å²) in [7, 11) is 0. The van der Waals surface area contributed by atoms with Crippen LogP contribution in [-0.4, -0.2) is 58.8 Å². The molecule has 3 aliphatic carbocycles. The van der Waals surface area contributed by atoms with Gasteiger partial charge in [0.2, 0.25) is 0 Å². The fourth-order valence-electron chi connectivity index (χ4n) is 8.36. The quantitative estimate of drug-likeness (QED) is 0.377. The van der Waals surface area contributed by atoms with Crippen LogP contribution < -0.4 is 4.74 Å². The standard InChI is InChI=1S/C32H35F3N4O/c1-19-11-25-24-5-2-3-6-28(24)37-30(25)31(39(19)32-14-20(15-32)21(16-32)17-36)29-26(34)12-23(13-27(29)35)40-22-7-10-38(18-22)9-4-8-33/h2-3,5-6,12-13,19-22,31,37H,4,7-11,14-16,18H2,1H3/t19-,20?,21+,22-,31-,32?/m0/s1. The molecule has 210 valence electrons. The molecule has 5 aliphatic rings. The number of para-hydroxylation sites is 1. The minimum Gasteiger partial charge on any atom is -0.489 e. The Bertz CT molecular complexity index is 1450. The molecule has 3 heterocycles. The average molecular weight is 549 g/mol. The van der Waals surface area contributed by atoms with Crippen molar-refractivity contribution in [1.29, 1.82) is 5.26 Å². The van der Waals surface area contributed by atoms with Gasteiger partial charge in [-0.2, -0.15) is 5.26 Å². The lowest BCUT2D eigenvalue weighted by Crippen LogP contribution is -2.59. The van der Waals surface area contributed by atoms with Crippen LogP contribution in [0, 0.1) is 34.8 Å². The molecule has 3 aromatic rings. The van der Waals surface area contributed by atoms with E-state index >= 15 is 8.78 Å². The summed E-state index contributed by atoms with van der Waals surface area (Å²) < 4.78 is 50.9. The highest BCUT2D eigenvalue weighted by atomic mass is 19.1. The normalized spacial score (nSPS) is 31.7. The number of fused-ring (bicyclic) bond motifs is 4. The number of nitrogens with zero attached hydrogens (tertiary/aromatic N) is 3. The molecule has 4 fully saturated rings. The molecule has 1 saturated heterocycles. The van der Waals surface area contributed by atoms with Gasteiger partial charge in [-0.1, -0.05) is 18.2 Å². The Kier molecular flexibility index (Phi) is 6.36. The number of aromatic nitrogens is 1. The van der Waals surface area contributed by atoms with Gasteiger partial charge < -0.3 is 9.72 Å². The molecular formula is C32H35F3N4O. The van der Waals surface area contributed by atoms with Crippen molar-refractivity contribution in [2.75, 3.05) is 26.3 Å². The number of hydrogen-bond donors (Lipinski definition) is 1. The SMILES string of the molecule is C[C@H]1Cc2c([nH]c3ccccc23)[C@H](c2c(F)cc(O[C@H]3CCN(CCCF)C3)cc2F)N1C12CC(C1)[C@@H](C#N)C2. The number of halogens is 3. The molecule has 0 spiro atoms. The maximum Gasteiger partial charge on any atom is 0.135 e. The number of likely N-dealkylation sites (tertiary alicyclic amines) is 1. The van der Waals surface area contributed by atoms with Gasteiger partial charge in [0.25, 0.3) is 0 Å². The van der Waals surface area contributed by atoms with E-state index in [2.05, 4.69) is 33.8 Å². The number of alkyl halides is 1. The van der Waals surface area contributed by atoms with Gasteiger partial charge in [0.1, 0.15) is 23.5 Å². The predicted molar refractivity (Wildman–Crippen MR) is 147 cm³/mol. The number of hydrogen-bond acceptors (Lipinski definition) is 4. The van der Waals surface area contributed by atoms with Crippen molar-refractivity contribution in [3.05, 3.63) is 64.9 Å². The van der Waals surface area contributed by atoms with Gasteiger partial charge in [-0.15, -0.1) is 0 Å². The first-order valence-corrected chi connectivity index (χ1v) is 14.6. The minimum absolute atomic E-state index is 0.00156. The van der Waals surface area contributed by atoms with Gasteiger partial charge in [0.15, 0.2) is 0 Å². The first-order valence-electron chi connectivity index (χ1n) is 14.6. The Hall–Kier alpha value is -3.02. The van der Waals surface area contributed by atoms with Crippen LogP contribution in [0.2, 0.25) is 0 Å². The van der Waals surface area contributed by atoms with Crippen molar-refractivity contribution >= 4 is 10.9 Å². The lowest BCUT2D eigenvalue weighted by atomic mass is 9.71. The smallest absolute Gasteiger partial charge is 0.135 e. The molecule has 5 nitrogen and oxygen atoms in total. The lowest BCUT2D eigenvalue weighted by Gasteiger charge is -2.55. The molecule has 0 radical (unpaired) electrons. The maximum atomic E-state index is 16.2. The zero-order valence-corrected chi connectivity index (χ0v) is 22.8. The fourth-order valence-corrected chi connectivity index (χ4v) is 8.36. The summed E-state index contributed by atoms with van der Waals surface area (Å²) in [6.45, 7) is 3.88. The van der Waals surface area contributed by atoms with Crippen LogP contribution in [0.3, 0.4) is 0 Å². The Morgan fingerprint density at radius 1 is 1.15 bits per heavy atom. The number of ether oxygens (including phenoxy) is 1. The van der Waals surface area contributed by atoms with Crippen LogP contribution in [-0.2, 0) is 6.42 Å². The Morgan fingerprint density at radius 2 is 1.93 bits per heavy atom. The average Bonchev–Trinajstić information content (AvgIpc) is 3.68. The number of nitriles is 1. The third kappa shape index (κ3) is 4.04. The summed E-state index contributed by atoms with van der Waals surface area (Å²) in [6.07, 6.45) is 4.36. The maximum absolute atomic E-state index is 16.2. The Balaban J connectivity index is 1.27. The third-order valence-corrected chi connectivity index (χ3v) is 10.0. The van der Waals surface area contributed by atoms with Crippen molar-refractivity contribution in [2.24, 2.45) is 11.8 Å². The van der Waals surface area contributed by atoms with Crippen LogP contribution >= 0.6 is 0 Å². The molecule has 2 aliphatic heterocycles. The highest BCUT2D eigenvalue weighted by Gasteiger charge is 2.62. The topological polar surface area (TPSA) is 55.3 Å². The van der Waals surface area contributed by atoms with E-state index < -0.39 is 17.7 Å². The first kappa shape index (κ1) is 25.9. The van der Waals surface area contributed by atoms with Gasteiger partial charge >= 0.3 is 0 Å². The fraction of sp³-hybridized carbons (Fsp3) is 0.531. The summed E-state index contributed by atoms with van der Waals surface area (Å²) in [5.74, 6) is -0.673. The zero-order valence-electron chi connectivity index (χ0n) is 22.8. The van der Waals surface area contributed by atoms with Gasteiger partial charge in [0, 0.05) is 65.5 Å². The molecule has 8 rings (SSSR count). The number of aromatic amines is 1. The molecule has 3 saturated carbocycles. The van der Waals surface area contributed by atoms with Gasteiger partial charge in [0.05, 0.1) is 24.7 Å². The zero-order chi connectivity index (χ0) is 27.6. The van der Waals surface area contributed by atoms with Gasteiger partial charge in [-0.05, 0) is 63.0 Å². The molecular weight excluding hydrogens is 513 g/mol. The van der Waals surface area contributed by atoms with Gasteiger partial charge in [-0.3, -0.25) is 14.2 Å². The summed E-state index contributed by atoms with van der Waals surface area (Å²) in [5, 5.41) is 10.8. The molecule has 2 aromatic carbocycles. The van der Waals surface area contributed by atoms with Crippen molar-refractivity contribution < 1.29 is 17.9 Å². The summed E-state index contributed by atoms with van der Waals surface area (Å²) in [6, 6.07) is 12.6.